The zero-order valence-electron chi connectivity index (χ0n) is 14.8. The zero-order valence-corrected chi connectivity index (χ0v) is 14.8. The summed E-state index contributed by atoms with van der Waals surface area (Å²) in [5.74, 6) is 1.67. The topological polar surface area (TPSA) is 54.9 Å². The van der Waals surface area contributed by atoms with Crippen LogP contribution in [-0.2, 0) is 6.54 Å². The summed E-state index contributed by atoms with van der Waals surface area (Å²) < 4.78 is 24.2. The first-order chi connectivity index (χ1) is 12.1. The molecule has 2 N–H and O–H groups in total. The van der Waals surface area contributed by atoms with Crippen LogP contribution in [0.3, 0.4) is 0 Å². The molecule has 1 atom stereocenters. The first kappa shape index (κ1) is 18.6. The number of nitrogens with one attached hydrogen (secondary N) is 2. The number of benzene rings is 2. The molecule has 0 amide bonds. The molecule has 0 saturated carbocycles. The lowest BCUT2D eigenvalue weighted by Gasteiger charge is -2.18. The summed E-state index contributed by atoms with van der Waals surface area (Å²) in [4.78, 5) is 4.19. The summed E-state index contributed by atoms with van der Waals surface area (Å²) in [5, 5.41) is 6.42. The average Bonchev–Trinajstić information content (AvgIpc) is 2.62. The normalized spacial score (nSPS) is 12.4. The van der Waals surface area contributed by atoms with Crippen LogP contribution in [0.25, 0.3) is 0 Å². The highest BCUT2D eigenvalue weighted by molar-refractivity contribution is 5.79. The molecule has 0 heterocycles. The third-order valence-corrected chi connectivity index (χ3v) is 3.55. The number of nitrogens with zero attached hydrogens (tertiary/aromatic N) is 1. The van der Waals surface area contributed by atoms with Crippen molar-refractivity contribution >= 4 is 5.96 Å². The summed E-state index contributed by atoms with van der Waals surface area (Å²) >= 11 is 0. The summed E-state index contributed by atoms with van der Waals surface area (Å²) in [5.41, 5.74) is 1.04. The first-order valence-electron chi connectivity index (χ1n) is 8.11. The van der Waals surface area contributed by atoms with Gasteiger partial charge < -0.3 is 20.1 Å². The Bertz CT molecular complexity index is 707. The molecule has 0 aliphatic rings. The zero-order chi connectivity index (χ0) is 18.1. The minimum atomic E-state index is -0.313. The summed E-state index contributed by atoms with van der Waals surface area (Å²) in [6, 6.07) is 13.9. The van der Waals surface area contributed by atoms with E-state index in [0.29, 0.717) is 24.8 Å². The quantitative estimate of drug-likeness (QED) is 0.598. The molecule has 0 aliphatic heterocycles. The number of guanidine groups is 1. The molecule has 0 spiro atoms. The molecule has 0 aromatic heterocycles. The third-order valence-electron chi connectivity index (χ3n) is 3.55. The van der Waals surface area contributed by atoms with E-state index in [2.05, 4.69) is 15.6 Å². The Morgan fingerprint density at radius 1 is 1.16 bits per heavy atom. The largest absolute Gasteiger partial charge is 0.496 e. The van der Waals surface area contributed by atoms with Crippen LogP contribution in [0.15, 0.2) is 53.5 Å². The lowest BCUT2D eigenvalue weighted by Crippen LogP contribution is -2.41. The van der Waals surface area contributed by atoms with Crippen molar-refractivity contribution in [2.75, 3.05) is 20.7 Å². The molecule has 6 heteroatoms. The molecule has 2 aromatic carbocycles. The molecular weight excluding hydrogens is 321 g/mol. The maximum atomic E-state index is 13.2. The van der Waals surface area contributed by atoms with Gasteiger partial charge in [0.25, 0.3) is 0 Å². The van der Waals surface area contributed by atoms with Crippen LogP contribution in [-0.4, -0.2) is 32.8 Å². The van der Waals surface area contributed by atoms with Gasteiger partial charge in [-0.1, -0.05) is 24.3 Å². The van der Waals surface area contributed by atoms with Gasteiger partial charge in [-0.2, -0.15) is 0 Å². The summed E-state index contributed by atoms with van der Waals surface area (Å²) in [7, 11) is 3.35. The van der Waals surface area contributed by atoms with E-state index in [1.54, 1.807) is 26.3 Å². The van der Waals surface area contributed by atoms with Gasteiger partial charge in [0.15, 0.2) is 5.96 Å². The fourth-order valence-electron chi connectivity index (χ4n) is 2.30. The lowest BCUT2D eigenvalue weighted by atomic mass is 10.2. The highest BCUT2D eigenvalue weighted by atomic mass is 19.1. The summed E-state index contributed by atoms with van der Waals surface area (Å²) in [6.45, 7) is 3.02. The smallest absolute Gasteiger partial charge is 0.191 e. The highest BCUT2D eigenvalue weighted by Gasteiger charge is 2.07. The SMILES string of the molecule is CN=C(NCc1ccccc1OC)NCC(C)Oc1cccc(F)c1. The van der Waals surface area contributed by atoms with Crippen molar-refractivity contribution in [2.45, 2.75) is 19.6 Å². The van der Waals surface area contributed by atoms with Gasteiger partial charge in [0, 0.05) is 25.2 Å². The Labute approximate surface area is 147 Å². The van der Waals surface area contributed by atoms with Gasteiger partial charge >= 0.3 is 0 Å². The van der Waals surface area contributed by atoms with Crippen LogP contribution in [0.2, 0.25) is 0 Å². The van der Waals surface area contributed by atoms with Gasteiger partial charge in [0.2, 0.25) is 0 Å². The minimum absolute atomic E-state index is 0.147. The van der Waals surface area contributed by atoms with E-state index in [-0.39, 0.29) is 11.9 Å². The Morgan fingerprint density at radius 3 is 2.68 bits per heavy atom. The van der Waals surface area contributed by atoms with Crippen molar-refractivity contribution in [3.8, 4) is 11.5 Å². The number of hydrogen-bond acceptors (Lipinski definition) is 3. The van der Waals surface area contributed by atoms with Crippen molar-refractivity contribution in [3.63, 3.8) is 0 Å². The number of methoxy groups -OCH3 is 1. The van der Waals surface area contributed by atoms with Gasteiger partial charge in [-0.15, -0.1) is 0 Å². The van der Waals surface area contributed by atoms with Gasteiger partial charge in [-0.05, 0) is 25.1 Å². The predicted octanol–water partition coefficient (Wildman–Crippen LogP) is 2.97. The van der Waals surface area contributed by atoms with Crippen molar-refractivity contribution in [1.29, 1.82) is 0 Å². The van der Waals surface area contributed by atoms with Crippen molar-refractivity contribution < 1.29 is 13.9 Å². The molecule has 0 radical (unpaired) electrons. The monoisotopic (exact) mass is 345 g/mol. The van der Waals surface area contributed by atoms with E-state index in [1.807, 2.05) is 31.2 Å². The number of rotatable bonds is 7. The summed E-state index contributed by atoms with van der Waals surface area (Å²) in [6.07, 6.45) is -0.147. The second kappa shape index (κ2) is 9.52. The molecule has 2 aromatic rings. The Hall–Kier alpha value is -2.76. The Kier molecular flexibility index (Phi) is 7.07. The van der Waals surface area contributed by atoms with Crippen LogP contribution in [0, 0.1) is 5.82 Å². The van der Waals surface area contributed by atoms with E-state index in [0.717, 1.165) is 11.3 Å². The number of hydrogen-bond donors (Lipinski definition) is 2. The van der Waals surface area contributed by atoms with E-state index >= 15 is 0 Å². The minimum Gasteiger partial charge on any atom is -0.496 e. The third kappa shape index (κ3) is 5.99. The maximum absolute atomic E-state index is 13.2. The van der Waals surface area contributed by atoms with E-state index in [9.17, 15) is 4.39 Å². The fraction of sp³-hybridized carbons (Fsp3) is 0.316. The van der Waals surface area contributed by atoms with Crippen LogP contribution in [0.1, 0.15) is 12.5 Å². The van der Waals surface area contributed by atoms with Crippen LogP contribution < -0.4 is 20.1 Å². The second-order valence-electron chi connectivity index (χ2n) is 5.50. The molecule has 2 rings (SSSR count). The van der Waals surface area contributed by atoms with E-state index in [1.165, 1.54) is 12.1 Å². The van der Waals surface area contributed by atoms with Crippen LogP contribution >= 0.6 is 0 Å². The van der Waals surface area contributed by atoms with Gasteiger partial charge in [-0.3, -0.25) is 4.99 Å². The molecular formula is C19H24FN3O2. The van der Waals surface area contributed by atoms with Gasteiger partial charge in [0.05, 0.1) is 13.7 Å². The van der Waals surface area contributed by atoms with E-state index < -0.39 is 0 Å². The Morgan fingerprint density at radius 2 is 1.96 bits per heavy atom. The molecule has 0 bridgehead atoms. The molecule has 0 saturated heterocycles. The molecule has 134 valence electrons. The highest BCUT2D eigenvalue weighted by Crippen LogP contribution is 2.16. The number of halogens is 1. The van der Waals surface area contributed by atoms with E-state index in [4.69, 9.17) is 9.47 Å². The average molecular weight is 345 g/mol. The molecule has 1 unspecified atom stereocenters. The van der Waals surface area contributed by atoms with Crippen molar-refractivity contribution in [3.05, 3.63) is 59.9 Å². The van der Waals surface area contributed by atoms with Crippen molar-refractivity contribution in [2.24, 2.45) is 4.99 Å². The Balaban J connectivity index is 1.81. The number of aliphatic imine (C=N–C) groups is 1. The predicted molar refractivity (Wildman–Crippen MR) is 97.7 cm³/mol. The lowest BCUT2D eigenvalue weighted by molar-refractivity contribution is 0.223. The van der Waals surface area contributed by atoms with Gasteiger partial charge in [-0.25, -0.2) is 4.39 Å². The number of para-hydroxylation sites is 1. The standard InChI is InChI=1S/C19H24FN3O2/c1-14(25-17-9-6-8-16(20)11-17)12-22-19(21-2)23-13-15-7-4-5-10-18(15)24-3/h4-11,14H,12-13H2,1-3H3,(H2,21,22,23). The maximum Gasteiger partial charge on any atom is 0.191 e. The van der Waals surface area contributed by atoms with Crippen LogP contribution in [0.4, 0.5) is 4.39 Å². The molecule has 0 fully saturated rings. The molecule has 5 nitrogen and oxygen atoms in total. The van der Waals surface area contributed by atoms with Gasteiger partial charge in [0.1, 0.15) is 23.4 Å². The van der Waals surface area contributed by atoms with Crippen LogP contribution in [0.5, 0.6) is 11.5 Å². The second-order valence-corrected chi connectivity index (χ2v) is 5.50. The fourth-order valence-corrected chi connectivity index (χ4v) is 2.30. The van der Waals surface area contributed by atoms with Crippen molar-refractivity contribution in [1.82, 2.24) is 10.6 Å². The molecule has 25 heavy (non-hydrogen) atoms. The molecule has 0 aliphatic carbocycles. The number of ether oxygens (including phenoxy) is 2. The first-order valence-corrected chi connectivity index (χ1v) is 8.11.